The van der Waals surface area contributed by atoms with E-state index in [2.05, 4.69) is 65.8 Å². The lowest BCUT2D eigenvalue weighted by Crippen LogP contribution is -2.62. The van der Waals surface area contributed by atoms with Gasteiger partial charge in [0.05, 0.1) is 19.6 Å². The maximum atomic E-state index is 2.69. The summed E-state index contributed by atoms with van der Waals surface area (Å²) in [4.78, 5) is 0. The number of nitrogens with zero attached hydrogens (tertiary/aromatic N) is 1. The number of hydrogen-bond donors (Lipinski definition) is 0. The molecule has 1 rings (SSSR count). The zero-order valence-electron chi connectivity index (χ0n) is 39.0. The number of unbranched alkanes of at least 4 members (excludes halogenated alkanes) is 33. The maximum Gasteiger partial charge on any atom is 0.122 e. The molecule has 1 aromatic rings. The summed E-state index contributed by atoms with van der Waals surface area (Å²) in [6.07, 6.45) is 53.2. The Kier molecular flexibility index (Phi) is 38.0. The Morgan fingerprint density at radius 2 is 0.600 bits per heavy atom. The predicted molar refractivity (Wildman–Crippen MR) is 249 cm³/mol. The molecule has 0 aliphatic carbocycles. The van der Waals surface area contributed by atoms with Gasteiger partial charge in [0.25, 0.3) is 0 Å². The maximum absolute atomic E-state index is 2.69. The Labute approximate surface area is 348 Å². The third-order valence-corrected chi connectivity index (χ3v) is 13.8. The molecule has 2 atom stereocenters. The van der Waals surface area contributed by atoms with Gasteiger partial charge < -0.3 is 9.96 Å². The van der Waals surface area contributed by atoms with E-state index in [4.69, 9.17) is 0 Å². The fraction of sp³-hybridized carbons (Fsp3) is 0.887. The quantitative estimate of drug-likeness (QED) is 0.0481. The summed E-state index contributed by atoms with van der Waals surface area (Å²) in [5.41, 5.74) is 3.35. The average Bonchev–Trinajstić information content (AvgIpc) is 3.18. The minimum absolute atomic E-state index is 0. The molecular formula is C53H103NO. The fourth-order valence-electron chi connectivity index (χ4n) is 9.80. The van der Waals surface area contributed by atoms with Crippen molar-refractivity contribution in [3.8, 4) is 0 Å². The summed E-state index contributed by atoms with van der Waals surface area (Å²) in [5.74, 6) is 0. The van der Waals surface area contributed by atoms with Crippen molar-refractivity contribution < 1.29 is 9.96 Å². The van der Waals surface area contributed by atoms with Crippen molar-refractivity contribution in [2.24, 2.45) is 0 Å². The van der Waals surface area contributed by atoms with Crippen LogP contribution in [0.2, 0.25) is 0 Å². The summed E-state index contributed by atoms with van der Waals surface area (Å²) in [6, 6.07) is 9.51. The van der Waals surface area contributed by atoms with E-state index < -0.39 is 0 Å². The zero-order chi connectivity index (χ0) is 39.3. The first-order valence-corrected chi connectivity index (χ1v) is 25.4. The summed E-state index contributed by atoms with van der Waals surface area (Å²) in [5, 5.41) is 0. The molecule has 55 heavy (non-hydrogen) atoms. The third kappa shape index (κ3) is 26.0. The van der Waals surface area contributed by atoms with Crippen LogP contribution in [0.5, 0.6) is 0 Å². The molecule has 0 fully saturated rings. The lowest BCUT2D eigenvalue weighted by Gasteiger charge is -2.53. The number of hydrogen-bond acceptors (Lipinski definition) is 1. The van der Waals surface area contributed by atoms with Crippen molar-refractivity contribution in [3.05, 3.63) is 35.4 Å². The Hall–Kier alpha value is -0.860. The van der Waals surface area contributed by atoms with Gasteiger partial charge in [-0.1, -0.05) is 245 Å². The highest BCUT2D eigenvalue weighted by molar-refractivity contribution is 5.31. The van der Waals surface area contributed by atoms with Crippen LogP contribution in [-0.2, 0) is 5.54 Å². The number of quaternary nitrogens is 1. The molecule has 0 aliphatic rings. The van der Waals surface area contributed by atoms with Crippen molar-refractivity contribution in [2.45, 2.75) is 285 Å². The van der Waals surface area contributed by atoms with Gasteiger partial charge in [-0.25, -0.2) is 0 Å². The standard InChI is InChI=1S/C53H102N.H2O/c1-7-11-14-17-20-23-26-28-29-31-34-37-40-45-50-54(48-43-38-35-32-25-22-19-16-13-9-3,53(6,10-4)52-47-42-41-46-51(52)5)49-44-39-36-33-30-27-24-21-18-15-12-8-2;/h41-42,46-47H,7-40,43-45,48-50H2,1-6H3;1H2/q+1;/p-1. The number of rotatable bonds is 42. The molecule has 1 N–H and O–H groups in total. The molecule has 0 saturated heterocycles. The minimum atomic E-state index is 0. The molecule has 1 aromatic carbocycles. The van der Waals surface area contributed by atoms with Gasteiger partial charge in [0, 0.05) is 12.0 Å². The fourth-order valence-corrected chi connectivity index (χ4v) is 9.80. The molecule has 2 nitrogen and oxygen atoms in total. The van der Waals surface area contributed by atoms with E-state index in [9.17, 15) is 0 Å². The molecule has 0 aromatic heterocycles. The Morgan fingerprint density at radius 3 is 0.836 bits per heavy atom. The van der Waals surface area contributed by atoms with E-state index in [-0.39, 0.29) is 11.0 Å². The van der Waals surface area contributed by atoms with Crippen LogP contribution in [0.1, 0.15) is 283 Å². The SMILES string of the molecule is CCCCCCCCCCCCCCCC[N+](CCCCCCCCCCCC)(CCCCCCCCCCCCCC)C(C)(CC)c1ccccc1C.[OH-]. The third-order valence-electron chi connectivity index (χ3n) is 13.8. The topological polar surface area (TPSA) is 30.0 Å². The normalized spacial score (nSPS) is 13.8. The molecule has 0 aliphatic heterocycles. The highest BCUT2D eigenvalue weighted by atomic mass is 16.0. The van der Waals surface area contributed by atoms with Gasteiger partial charge in [0.1, 0.15) is 5.54 Å². The first-order chi connectivity index (χ1) is 26.5. The Bertz CT molecular complexity index is 913. The van der Waals surface area contributed by atoms with Crippen LogP contribution in [0.3, 0.4) is 0 Å². The van der Waals surface area contributed by atoms with Crippen molar-refractivity contribution in [1.29, 1.82) is 0 Å². The van der Waals surface area contributed by atoms with Crippen LogP contribution >= 0.6 is 0 Å². The van der Waals surface area contributed by atoms with E-state index in [1.807, 2.05) is 0 Å². The van der Waals surface area contributed by atoms with Crippen molar-refractivity contribution in [2.75, 3.05) is 19.6 Å². The first-order valence-electron chi connectivity index (χ1n) is 25.4. The van der Waals surface area contributed by atoms with E-state index in [1.165, 1.54) is 267 Å². The van der Waals surface area contributed by atoms with Crippen molar-refractivity contribution in [1.82, 2.24) is 0 Å². The Balaban J connectivity index is 0.0000292. The Morgan fingerprint density at radius 1 is 0.364 bits per heavy atom. The number of benzene rings is 1. The molecule has 0 spiro atoms. The molecule has 0 amide bonds. The lowest BCUT2D eigenvalue weighted by atomic mass is 9.81. The monoisotopic (exact) mass is 770 g/mol. The molecule has 326 valence electrons. The highest BCUT2D eigenvalue weighted by Crippen LogP contribution is 2.42. The summed E-state index contributed by atoms with van der Waals surface area (Å²) in [6.45, 7) is 18.7. The van der Waals surface area contributed by atoms with Gasteiger partial charge in [-0.3, -0.25) is 0 Å². The second-order valence-electron chi connectivity index (χ2n) is 18.4. The van der Waals surface area contributed by atoms with Gasteiger partial charge >= 0.3 is 0 Å². The van der Waals surface area contributed by atoms with Gasteiger partial charge in [-0.05, 0) is 57.9 Å². The van der Waals surface area contributed by atoms with Crippen molar-refractivity contribution >= 4 is 0 Å². The van der Waals surface area contributed by atoms with Gasteiger partial charge in [-0.2, -0.15) is 0 Å². The smallest absolute Gasteiger partial charge is 0.122 e. The molecule has 0 bridgehead atoms. The molecule has 2 heteroatoms. The van der Waals surface area contributed by atoms with Crippen LogP contribution in [0.25, 0.3) is 0 Å². The molecule has 0 saturated carbocycles. The molecule has 0 heterocycles. The molecule has 0 radical (unpaired) electrons. The molecule has 2 unspecified atom stereocenters. The zero-order valence-corrected chi connectivity index (χ0v) is 39.0. The molecular weight excluding hydrogens is 667 g/mol. The van der Waals surface area contributed by atoms with Crippen LogP contribution in [0.4, 0.5) is 0 Å². The van der Waals surface area contributed by atoms with E-state index in [1.54, 1.807) is 5.56 Å². The van der Waals surface area contributed by atoms with Gasteiger partial charge in [-0.15, -0.1) is 0 Å². The van der Waals surface area contributed by atoms with E-state index in [0.717, 1.165) is 0 Å². The van der Waals surface area contributed by atoms with Crippen LogP contribution in [0, 0.1) is 6.92 Å². The minimum Gasteiger partial charge on any atom is -0.870 e. The first kappa shape index (κ1) is 54.1. The van der Waals surface area contributed by atoms with Crippen LogP contribution < -0.4 is 0 Å². The summed E-state index contributed by atoms with van der Waals surface area (Å²) >= 11 is 0. The van der Waals surface area contributed by atoms with Gasteiger partial charge in [0.2, 0.25) is 0 Å². The van der Waals surface area contributed by atoms with E-state index in [0.29, 0.717) is 0 Å². The summed E-state index contributed by atoms with van der Waals surface area (Å²) < 4.78 is 1.33. The largest absolute Gasteiger partial charge is 0.870 e. The number of aryl methyl sites for hydroxylation is 1. The second kappa shape index (κ2) is 38.6. The van der Waals surface area contributed by atoms with E-state index >= 15 is 0 Å². The second-order valence-corrected chi connectivity index (χ2v) is 18.4. The predicted octanol–water partition coefficient (Wildman–Crippen LogP) is 18.4. The average molecular weight is 770 g/mol. The van der Waals surface area contributed by atoms with Gasteiger partial charge in [0.15, 0.2) is 0 Å². The van der Waals surface area contributed by atoms with Crippen molar-refractivity contribution in [3.63, 3.8) is 0 Å². The summed E-state index contributed by atoms with van der Waals surface area (Å²) in [7, 11) is 0. The lowest BCUT2D eigenvalue weighted by molar-refractivity contribution is -0.983. The highest BCUT2D eigenvalue weighted by Gasteiger charge is 2.46. The van der Waals surface area contributed by atoms with Crippen LogP contribution in [-0.4, -0.2) is 29.6 Å². The van der Waals surface area contributed by atoms with Crippen LogP contribution in [0.15, 0.2) is 24.3 Å².